The van der Waals surface area contributed by atoms with Gasteiger partial charge in [0.1, 0.15) is 5.82 Å². The minimum Gasteiger partial charge on any atom is -0.490 e. The van der Waals surface area contributed by atoms with Crippen molar-refractivity contribution < 1.29 is 23.7 Å². The van der Waals surface area contributed by atoms with Crippen molar-refractivity contribution in [3.8, 4) is 23.0 Å². The van der Waals surface area contributed by atoms with Gasteiger partial charge in [0.15, 0.2) is 23.0 Å². The Kier molecular flexibility index (Phi) is 6.36. The molecular weight excluding hydrogens is 462 g/mol. The molecule has 1 aliphatic heterocycles. The molecule has 0 fully saturated rings. The van der Waals surface area contributed by atoms with Gasteiger partial charge in [0, 0.05) is 6.42 Å². The molecule has 0 saturated carbocycles. The Morgan fingerprint density at radius 3 is 2.72 bits per heavy atom. The number of hydrogen-bond acceptors (Lipinski definition) is 8. The Hall–Kier alpha value is -4.66. The van der Waals surface area contributed by atoms with Gasteiger partial charge < -0.3 is 18.9 Å². The molecule has 1 aromatic heterocycles. The predicted octanol–water partition coefficient (Wildman–Crippen LogP) is 4.19. The zero-order valence-corrected chi connectivity index (χ0v) is 19.8. The third-order valence-electron chi connectivity index (χ3n) is 5.54. The van der Waals surface area contributed by atoms with Crippen LogP contribution in [0, 0.1) is 0 Å². The average molecular weight is 485 g/mol. The van der Waals surface area contributed by atoms with Gasteiger partial charge in [0.25, 0.3) is 5.56 Å². The smallest absolute Gasteiger partial charge is 0.343 e. The van der Waals surface area contributed by atoms with Crippen molar-refractivity contribution in [2.45, 2.75) is 20.3 Å². The number of hydrogen-bond donors (Lipinski definition) is 0. The number of carbonyl (C=O) groups excluding carboxylic acids is 1. The SMILES string of the molecule is CCOc1cc(/C=N/n2c(CC)nc3ccccc3c2=O)ccc1OC(=O)c1ccc2c(c1)OCO2. The van der Waals surface area contributed by atoms with Crippen LogP contribution in [0.25, 0.3) is 10.9 Å². The van der Waals surface area contributed by atoms with Gasteiger partial charge in [-0.3, -0.25) is 4.79 Å². The van der Waals surface area contributed by atoms with Crippen LogP contribution in [0.2, 0.25) is 0 Å². The maximum absolute atomic E-state index is 13.0. The highest BCUT2D eigenvalue weighted by Crippen LogP contribution is 2.34. The molecule has 36 heavy (non-hydrogen) atoms. The van der Waals surface area contributed by atoms with Crippen LogP contribution in [0.4, 0.5) is 0 Å². The number of rotatable bonds is 7. The lowest BCUT2D eigenvalue weighted by molar-refractivity contribution is 0.0728. The second-order valence-electron chi connectivity index (χ2n) is 7.86. The van der Waals surface area contributed by atoms with Crippen LogP contribution < -0.4 is 24.5 Å². The molecule has 0 aliphatic carbocycles. The topological polar surface area (TPSA) is 101 Å². The molecule has 0 atom stereocenters. The Bertz CT molecular complexity index is 1540. The largest absolute Gasteiger partial charge is 0.490 e. The van der Waals surface area contributed by atoms with E-state index in [9.17, 15) is 9.59 Å². The fourth-order valence-corrected chi connectivity index (χ4v) is 3.78. The molecule has 9 nitrogen and oxygen atoms in total. The second-order valence-corrected chi connectivity index (χ2v) is 7.86. The normalized spacial score (nSPS) is 12.3. The van der Waals surface area contributed by atoms with Gasteiger partial charge in [-0.25, -0.2) is 9.78 Å². The second kappa shape index (κ2) is 9.91. The van der Waals surface area contributed by atoms with Crippen LogP contribution in [0.3, 0.4) is 0 Å². The summed E-state index contributed by atoms with van der Waals surface area (Å²) in [5.74, 6) is 1.69. The van der Waals surface area contributed by atoms with Crippen molar-refractivity contribution in [3.05, 3.63) is 88.0 Å². The number of benzene rings is 3. The summed E-state index contributed by atoms with van der Waals surface area (Å²) >= 11 is 0. The minimum atomic E-state index is -0.558. The zero-order chi connectivity index (χ0) is 25.1. The molecule has 2 heterocycles. The van der Waals surface area contributed by atoms with Crippen molar-refractivity contribution in [2.75, 3.05) is 13.4 Å². The maximum Gasteiger partial charge on any atom is 0.343 e. The predicted molar refractivity (Wildman–Crippen MR) is 134 cm³/mol. The maximum atomic E-state index is 13.0. The summed E-state index contributed by atoms with van der Waals surface area (Å²) in [7, 11) is 0. The van der Waals surface area contributed by atoms with Crippen molar-refractivity contribution >= 4 is 23.1 Å². The fourth-order valence-electron chi connectivity index (χ4n) is 3.78. The molecule has 0 N–H and O–H groups in total. The number of carbonyl (C=O) groups is 1. The van der Waals surface area contributed by atoms with Crippen LogP contribution in [0.15, 0.2) is 70.6 Å². The summed E-state index contributed by atoms with van der Waals surface area (Å²) in [4.78, 5) is 30.3. The highest BCUT2D eigenvalue weighted by molar-refractivity contribution is 5.92. The summed E-state index contributed by atoms with van der Waals surface area (Å²) in [6, 6.07) is 17.1. The van der Waals surface area contributed by atoms with E-state index in [4.69, 9.17) is 18.9 Å². The number of fused-ring (bicyclic) bond motifs is 2. The van der Waals surface area contributed by atoms with Gasteiger partial charge in [-0.1, -0.05) is 19.1 Å². The molecule has 0 saturated heterocycles. The molecule has 4 aromatic rings. The van der Waals surface area contributed by atoms with Crippen LogP contribution in [0.5, 0.6) is 23.0 Å². The highest BCUT2D eigenvalue weighted by atomic mass is 16.7. The highest BCUT2D eigenvalue weighted by Gasteiger charge is 2.19. The Labute approximate surface area is 206 Å². The first-order valence-electron chi connectivity index (χ1n) is 11.5. The number of para-hydroxylation sites is 1. The van der Waals surface area contributed by atoms with Crippen LogP contribution in [-0.4, -0.2) is 35.2 Å². The molecule has 182 valence electrons. The van der Waals surface area contributed by atoms with Crippen molar-refractivity contribution in [3.63, 3.8) is 0 Å². The molecule has 1 aliphatic rings. The van der Waals surface area contributed by atoms with Crippen molar-refractivity contribution in [1.82, 2.24) is 9.66 Å². The third-order valence-corrected chi connectivity index (χ3v) is 5.54. The van der Waals surface area contributed by atoms with E-state index in [1.807, 2.05) is 26.0 Å². The Balaban J connectivity index is 1.42. The number of esters is 1. The Morgan fingerprint density at radius 1 is 1.06 bits per heavy atom. The molecule has 3 aromatic carbocycles. The van der Waals surface area contributed by atoms with Gasteiger partial charge >= 0.3 is 5.97 Å². The lowest BCUT2D eigenvalue weighted by Gasteiger charge is -2.12. The van der Waals surface area contributed by atoms with Gasteiger partial charge in [0.05, 0.1) is 29.3 Å². The number of aryl methyl sites for hydroxylation is 1. The molecule has 0 unspecified atom stereocenters. The van der Waals surface area contributed by atoms with E-state index in [-0.39, 0.29) is 18.1 Å². The van der Waals surface area contributed by atoms with E-state index in [1.54, 1.807) is 54.7 Å². The number of aromatic nitrogens is 2. The Morgan fingerprint density at radius 2 is 1.89 bits per heavy atom. The van der Waals surface area contributed by atoms with Crippen molar-refractivity contribution in [2.24, 2.45) is 5.10 Å². The van der Waals surface area contributed by atoms with Crippen molar-refractivity contribution in [1.29, 1.82) is 0 Å². The monoisotopic (exact) mass is 485 g/mol. The van der Waals surface area contributed by atoms with E-state index in [2.05, 4.69) is 10.1 Å². The van der Waals surface area contributed by atoms with Crippen LogP contribution >= 0.6 is 0 Å². The quantitative estimate of drug-likeness (QED) is 0.220. The lowest BCUT2D eigenvalue weighted by atomic mass is 10.2. The van der Waals surface area contributed by atoms with E-state index < -0.39 is 5.97 Å². The summed E-state index contributed by atoms with van der Waals surface area (Å²) in [5.41, 5.74) is 1.37. The molecular formula is C27H23N3O6. The molecule has 9 heteroatoms. The number of ether oxygens (including phenoxy) is 4. The van der Waals surface area contributed by atoms with E-state index >= 15 is 0 Å². The van der Waals surface area contributed by atoms with Gasteiger partial charge in [-0.05, 0) is 61.0 Å². The first-order chi connectivity index (χ1) is 17.6. The lowest BCUT2D eigenvalue weighted by Crippen LogP contribution is -2.22. The molecule has 0 bridgehead atoms. The zero-order valence-electron chi connectivity index (χ0n) is 19.8. The van der Waals surface area contributed by atoms with E-state index in [1.165, 1.54) is 4.68 Å². The van der Waals surface area contributed by atoms with Gasteiger partial charge in [-0.2, -0.15) is 9.78 Å². The van der Waals surface area contributed by atoms with Gasteiger partial charge in [-0.15, -0.1) is 0 Å². The minimum absolute atomic E-state index is 0.118. The summed E-state index contributed by atoms with van der Waals surface area (Å²) in [6.07, 6.45) is 2.08. The molecule has 5 rings (SSSR count). The standard InChI is InChI=1S/C27H23N3O6/c1-3-25-29-20-8-6-5-7-19(20)26(31)30(25)28-15-17-9-11-22(23(13-17)33-4-2)36-27(32)18-10-12-21-24(14-18)35-16-34-21/h5-15H,3-4,16H2,1-2H3/b28-15+. The third kappa shape index (κ3) is 4.50. The molecule has 0 spiro atoms. The van der Waals surface area contributed by atoms with Crippen LogP contribution in [0.1, 0.15) is 35.6 Å². The molecule has 0 amide bonds. The van der Waals surface area contributed by atoms with Gasteiger partial charge in [0.2, 0.25) is 6.79 Å². The summed E-state index contributed by atoms with van der Waals surface area (Å²) in [6.45, 7) is 4.23. The van der Waals surface area contributed by atoms with E-state index in [0.29, 0.717) is 58.1 Å². The van der Waals surface area contributed by atoms with Crippen LogP contribution in [-0.2, 0) is 6.42 Å². The summed E-state index contributed by atoms with van der Waals surface area (Å²) in [5, 5.41) is 4.89. The first-order valence-corrected chi connectivity index (χ1v) is 11.5. The average Bonchev–Trinajstić information content (AvgIpc) is 3.37. The number of nitrogens with zero attached hydrogens (tertiary/aromatic N) is 3. The first kappa shape index (κ1) is 23.1. The summed E-state index contributed by atoms with van der Waals surface area (Å²) < 4.78 is 23.2. The molecule has 0 radical (unpaired) electrons. The fraction of sp³-hybridized carbons (Fsp3) is 0.185. The van der Waals surface area contributed by atoms with E-state index in [0.717, 1.165) is 0 Å².